The number of carbonyl (C=O) groups is 2. The first-order valence-electron chi connectivity index (χ1n) is 12.1. The molecule has 1 aromatic heterocycles. The fraction of sp³-hybridized carbons (Fsp3) is 0.185. The van der Waals surface area contributed by atoms with Crippen LogP contribution in [0.1, 0.15) is 21.7 Å². The number of nitrogens with one attached hydrogen (secondary N) is 1. The molecule has 0 saturated heterocycles. The minimum atomic E-state index is -0.524. The zero-order chi connectivity index (χ0) is 27.4. The molecule has 1 aliphatic heterocycles. The number of anilines is 1. The first kappa shape index (κ1) is 25.9. The topological polar surface area (TPSA) is 132 Å². The predicted octanol–water partition coefficient (Wildman–Crippen LogP) is 3.80. The number of rotatable bonds is 9. The van der Waals surface area contributed by atoms with Crippen LogP contribution in [0.25, 0.3) is 5.69 Å². The lowest BCUT2D eigenvalue weighted by Gasteiger charge is -2.17. The van der Waals surface area contributed by atoms with Crippen LogP contribution in [-0.2, 0) is 17.8 Å². The highest BCUT2D eigenvalue weighted by Gasteiger charge is 2.25. The van der Waals surface area contributed by atoms with Gasteiger partial charge in [0.2, 0.25) is 5.91 Å². The summed E-state index contributed by atoms with van der Waals surface area (Å²) >= 11 is 1.25. The second kappa shape index (κ2) is 11.4. The lowest BCUT2D eigenvalue weighted by molar-refractivity contribution is -0.384. The van der Waals surface area contributed by atoms with Gasteiger partial charge >= 0.3 is 0 Å². The molecule has 198 valence electrons. The Labute approximate surface area is 228 Å². The predicted molar refractivity (Wildman–Crippen MR) is 145 cm³/mol. The van der Waals surface area contributed by atoms with E-state index in [1.807, 2.05) is 42.5 Å². The lowest BCUT2D eigenvalue weighted by Crippen LogP contribution is -2.30. The maximum Gasteiger partial charge on any atom is 0.269 e. The van der Waals surface area contributed by atoms with Gasteiger partial charge < -0.3 is 15.0 Å². The Balaban J connectivity index is 1.36. The number of nitro benzene ring substituents is 1. The van der Waals surface area contributed by atoms with Crippen LogP contribution in [0.4, 0.5) is 11.4 Å². The quantitative estimate of drug-likeness (QED) is 0.191. The number of para-hydroxylation sites is 3. The lowest BCUT2D eigenvalue weighted by atomic mass is 10.2. The summed E-state index contributed by atoms with van der Waals surface area (Å²) < 4.78 is 7.30. The van der Waals surface area contributed by atoms with E-state index in [0.29, 0.717) is 29.0 Å². The number of methoxy groups -OCH3 is 1. The molecule has 0 radical (unpaired) electrons. The van der Waals surface area contributed by atoms with Crippen molar-refractivity contribution < 1.29 is 19.2 Å². The first-order chi connectivity index (χ1) is 19.0. The van der Waals surface area contributed by atoms with E-state index >= 15 is 0 Å². The third-order valence-electron chi connectivity index (χ3n) is 6.29. The SMILES string of the molecule is COc1ccccc1-n1c(CNC(=O)c2ccc([N+](=O)[O-])cc2)nnc1SCC(=O)N1CCc2ccccc21. The summed E-state index contributed by atoms with van der Waals surface area (Å²) in [5.74, 6) is 0.693. The molecule has 1 aliphatic rings. The van der Waals surface area contributed by atoms with Crippen LogP contribution >= 0.6 is 11.8 Å². The molecule has 39 heavy (non-hydrogen) atoms. The number of amides is 2. The summed E-state index contributed by atoms with van der Waals surface area (Å²) in [5, 5.41) is 22.8. The fourth-order valence-corrected chi connectivity index (χ4v) is 5.20. The van der Waals surface area contributed by atoms with Crippen LogP contribution in [0.2, 0.25) is 0 Å². The Morgan fingerprint density at radius 2 is 1.74 bits per heavy atom. The molecular weight excluding hydrogens is 520 g/mol. The van der Waals surface area contributed by atoms with Crippen molar-refractivity contribution in [2.45, 2.75) is 18.1 Å². The number of benzene rings is 3. The summed E-state index contributed by atoms with van der Waals surface area (Å²) in [7, 11) is 1.56. The molecule has 11 nitrogen and oxygen atoms in total. The summed E-state index contributed by atoms with van der Waals surface area (Å²) in [4.78, 5) is 38.0. The van der Waals surface area contributed by atoms with Gasteiger partial charge in [-0.2, -0.15) is 0 Å². The monoisotopic (exact) mass is 544 g/mol. The number of fused-ring (bicyclic) bond motifs is 1. The molecule has 0 spiro atoms. The van der Waals surface area contributed by atoms with E-state index in [1.54, 1.807) is 22.6 Å². The van der Waals surface area contributed by atoms with Crippen molar-refractivity contribution in [1.82, 2.24) is 20.1 Å². The third kappa shape index (κ3) is 5.46. The molecule has 12 heteroatoms. The van der Waals surface area contributed by atoms with Crippen LogP contribution in [0.15, 0.2) is 78.0 Å². The van der Waals surface area contributed by atoms with Gasteiger partial charge in [0, 0.05) is 29.9 Å². The van der Waals surface area contributed by atoms with Crippen LogP contribution in [0.3, 0.4) is 0 Å². The highest BCUT2D eigenvalue weighted by Crippen LogP contribution is 2.31. The summed E-state index contributed by atoms with van der Waals surface area (Å²) in [5.41, 5.74) is 2.92. The largest absolute Gasteiger partial charge is 0.495 e. The van der Waals surface area contributed by atoms with Gasteiger partial charge in [0.1, 0.15) is 5.75 Å². The highest BCUT2D eigenvalue weighted by atomic mass is 32.2. The van der Waals surface area contributed by atoms with E-state index in [2.05, 4.69) is 15.5 Å². The number of thioether (sulfide) groups is 1. The number of aromatic nitrogens is 3. The number of nitro groups is 1. The fourth-order valence-electron chi connectivity index (χ4n) is 4.36. The summed E-state index contributed by atoms with van der Waals surface area (Å²) in [6, 6.07) is 20.5. The number of carbonyl (C=O) groups excluding carboxylic acids is 2. The zero-order valence-corrected chi connectivity index (χ0v) is 21.8. The number of non-ortho nitro benzene ring substituents is 1. The highest BCUT2D eigenvalue weighted by molar-refractivity contribution is 7.99. The molecule has 5 rings (SSSR count). The van der Waals surface area contributed by atoms with Crippen molar-refractivity contribution in [1.29, 1.82) is 0 Å². The van der Waals surface area contributed by atoms with Crippen molar-refractivity contribution in [3.05, 3.63) is 99.9 Å². The van der Waals surface area contributed by atoms with Crippen LogP contribution < -0.4 is 15.0 Å². The van der Waals surface area contributed by atoms with Gasteiger partial charge in [-0.1, -0.05) is 42.1 Å². The van der Waals surface area contributed by atoms with Crippen LogP contribution in [-0.4, -0.2) is 50.9 Å². The molecule has 0 fully saturated rings. The molecule has 0 atom stereocenters. The second-order valence-corrected chi connectivity index (χ2v) is 9.55. The van der Waals surface area contributed by atoms with Crippen molar-refractivity contribution in [3.8, 4) is 11.4 Å². The van der Waals surface area contributed by atoms with Crippen molar-refractivity contribution in [2.24, 2.45) is 0 Å². The molecule has 4 aromatic rings. The smallest absolute Gasteiger partial charge is 0.269 e. The maximum atomic E-state index is 13.1. The van der Waals surface area contributed by atoms with Crippen LogP contribution in [0.5, 0.6) is 5.75 Å². The first-order valence-corrected chi connectivity index (χ1v) is 13.1. The van der Waals surface area contributed by atoms with Crippen molar-refractivity contribution in [2.75, 3.05) is 24.3 Å². The van der Waals surface area contributed by atoms with Gasteiger partial charge in [-0.3, -0.25) is 24.3 Å². The molecule has 1 N–H and O–H groups in total. The maximum absolute atomic E-state index is 13.1. The van der Waals surface area contributed by atoms with Crippen molar-refractivity contribution >= 4 is 35.0 Å². The van der Waals surface area contributed by atoms with E-state index < -0.39 is 10.8 Å². The van der Waals surface area contributed by atoms with Gasteiger partial charge in [0.25, 0.3) is 11.6 Å². The van der Waals surface area contributed by atoms with Gasteiger partial charge in [-0.05, 0) is 42.3 Å². The summed E-state index contributed by atoms with van der Waals surface area (Å²) in [6.07, 6.45) is 0.822. The molecule has 0 saturated carbocycles. The van der Waals surface area contributed by atoms with Crippen molar-refractivity contribution in [3.63, 3.8) is 0 Å². The Kier molecular flexibility index (Phi) is 7.55. The molecule has 2 heterocycles. The molecule has 3 aromatic carbocycles. The standard InChI is InChI=1S/C27H24N6O5S/c1-38-23-9-5-4-8-22(23)32-24(16-28-26(35)19-10-12-20(13-11-19)33(36)37)29-30-27(32)39-17-25(34)31-15-14-18-6-2-3-7-21(18)31/h2-13H,14-17H2,1H3,(H,28,35). The Morgan fingerprint density at radius 1 is 1.03 bits per heavy atom. The van der Waals surface area contributed by atoms with Crippen LogP contribution in [0, 0.1) is 10.1 Å². The molecule has 0 aliphatic carbocycles. The Hall–Kier alpha value is -4.71. The average molecular weight is 545 g/mol. The van der Waals surface area contributed by atoms with Gasteiger partial charge in [-0.25, -0.2) is 0 Å². The third-order valence-corrected chi connectivity index (χ3v) is 7.20. The molecular formula is C27H24N6O5S. The van der Waals surface area contributed by atoms with E-state index in [0.717, 1.165) is 17.7 Å². The molecule has 0 unspecified atom stereocenters. The molecule has 2 amide bonds. The van der Waals surface area contributed by atoms with E-state index in [9.17, 15) is 19.7 Å². The minimum Gasteiger partial charge on any atom is -0.495 e. The summed E-state index contributed by atoms with van der Waals surface area (Å²) in [6.45, 7) is 0.659. The normalized spacial score (nSPS) is 12.2. The second-order valence-electron chi connectivity index (χ2n) is 8.61. The minimum absolute atomic E-state index is 0.0227. The Morgan fingerprint density at radius 3 is 2.49 bits per heavy atom. The Bertz CT molecular complexity index is 1540. The van der Waals surface area contributed by atoms with Gasteiger partial charge in [0.05, 0.1) is 30.0 Å². The van der Waals surface area contributed by atoms with E-state index in [4.69, 9.17) is 4.74 Å². The number of ether oxygens (including phenoxy) is 1. The number of hydrogen-bond donors (Lipinski definition) is 1. The zero-order valence-electron chi connectivity index (χ0n) is 20.9. The average Bonchev–Trinajstić information content (AvgIpc) is 3.59. The number of hydrogen-bond acceptors (Lipinski definition) is 8. The van der Waals surface area contributed by atoms with E-state index in [1.165, 1.54) is 36.0 Å². The number of nitrogens with zero attached hydrogens (tertiary/aromatic N) is 5. The van der Waals surface area contributed by atoms with Gasteiger partial charge in [0.15, 0.2) is 11.0 Å². The van der Waals surface area contributed by atoms with E-state index in [-0.39, 0.29) is 29.5 Å². The molecule has 0 bridgehead atoms. The van der Waals surface area contributed by atoms with Gasteiger partial charge in [-0.15, -0.1) is 10.2 Å².